The molecule has 5 heteroatoms. The zero-order valence-corrected chi connectivity index (χ0v) is 11.7. The maximum absolute atomic E-state index is 5.61. The molecule has 96 valence electrons. The average Bonchev–Trinajstić information content (AvgIpc) is 2.83. The number of nitrogens with zero attached hydrogens (tertiary/aromatic N) is 1. The van der Waals surface area contributed by atoms with Gasteiger partial charge in [-0.15, -0.1) is 0 Å². The second-order valence-electron chi connectivity index (χ2n) is 3.85. The Morgan fingerprint density at radius 2 is 2.00 bits per heavy atom. The number of hydrogen-bond acceptors (Lipinski definition) is 4. The van der Waals surface area contributed by atoms with Crippen molar-refractivity contribution in [1.29, 1.82) is 0 Å². The highest BCUT2D eigenvalue weighted by atomic mass is 79.9. The Kier molecular flexibility index (Phi) is 3.13. The molecule has 1 aromatic heterocycles. The van der Waals surface area contributed by atoms with Gasteiger partial charge in [0.15, 0.2) is 5.58 Å². The van der Waals surface area contributed by atoms with Gasteiger partial charge in [-0.1, -0.05) is 12.1 Å². The number of aromatic nitrogens is 1. The lowest BCUT2D eigenvalue weighted by Crippen LogP contribution is -1.87. The van der Waals surface area contributed by atoms with Crippen LogP contribution in [0.25, 0.3) is 11.1 Å². The van der Waals surface area contributed by atoms with Crippen LogP contribution in [0.3, 0.4) is 0 Å². The Bertz CT molecular complexity index is 691. The molecule has 3 aromatic rings. The van der Waals surface area contributed by atoms with Crippen LogP contribution in [-0.2, 0) is 0 Å². The van der Waals surface area contributed by atoms with Gasteiger partial charge in [0.05, 0.1) is 11.6 Å². The van der Waals surface area contributed by atoms with Gasteiger partial charge in [0, 0.05) is 0 Å². The first-order chi connectivity index (χ1) is 9.26. The van der Waals surface area contributed by atoms with E-state index in [0.717, 1.165) is 15.7 Å². The van der Waals surface area contributed by atoms with Crippen molar-refractivity contribution in [3.05, 3.63) is 46.9 Å². The van der Waals surface area contributed by atoms with E-state index in [4.69, 9.17) is 13.9 Å². The maximum atomic E-state index is 5.61. The highest BCUT2D eigenvalue weighted by Gasteiger charge is 2.10. The smallest absolute Gasteiger partial charge is 0.400 e. The van der Waals surface area contributed by atoms with E-state index in [0.29, 0.717) is 11.3 Å². The number of hydrogen-bond donors (Lipinski definition) is 0. The fourth-order valence-electron chi connectivity index (χ4n) is 1.68. The monoisotopic (exact) mass is 319 g/mol. The number of benzene rings is 2. The van der Waals surface area contributed by atoms with E-state index in [1.165, 1.54) is 0 Å². The zero-order valence-electron chi connectivity index (χ0n) is 10.1. The van der Waals surface area contributed by atoms with Crippen molar-refractivity contribution in [3.63, 3.8) is 0 Å². The molecule has 0 amide bonds. The van der Waals surface area contributed by atoms with E-state index in [1.54, 1.807) is 13.2 Å². The molecule has 0 radical (unpaired) electrons. The molecule has 2 aromatic carbocycles. The molecule has 0 saturated carbocycles. The predicted molar refractivity (Wildman–Crippen MR) is 74.8 cm³/mol. The molecule has 0 unspecified atom stereocenters. The number of methoxy groups -OCH3 is 1. The van der Waals surface area contributed by atoms with Gasteiger partial charge in [-0.05, 0) is 46.3 Å². The van der Waals surface area contributed by atoms with E-state index in [2.05, 4.69) is 20.9 Å². The Balaban J connectivity index is 1.92. The van der Waals surface area contributed by atoms with Gasteiger partial charge < -0.3 is 13.9 Å². The van der Waals surface area contributed by atoms with E-state index >= 15 is 0 Å². The molecule has 1 heterocycles. The van der Waals surface area contributed by atoms with Crippen LogP contribution in [0.5, 0.6) is 17.6 Å². The third-order valence-corrected chi connectivity index (χ3v) is 3.23. The van der Waals surface area contributed by atoms with E-state index in [1.807, 2.05) is 36.4 Å². The number of ether oxygens (including phenoxy) is 2. The molecule has 0 spiro atoms. The lowest BCUT2D eigenvalue weighted by Gasteiger charge is -2.05. The molecule has 0 atom stereocenters. The summed E-state index contributed by atoms with van der Waals surface area (Å²) in [6, 6.07) is 12.9. The standard InChI is InChI=1S/C14H10BrNO3/c1-17-9-6-7-12(10(15)8-9)18-14-16-11-4-2-3-5-13(11)19-14/h2-8H,1H3. The highest BCUT2D eigenvalue weighted by Crippen LogP contribution is 2.33. The van der Waals surface area contributed by atoms with Crippen LogP contribution < -0.4 is 9.47 Å². The van der Waals surface area contributed by atoms with Crippen LogP contribution in [0.2, 0.25) is 0 Å². The minimum Gasteiger partial charge on any atom is -0.497 e. The van der Waals surface area contributed by atoms with Crippen LogP contribution >= 0.6 is 15.9 Å². The summed E-state index contributed by atoms with van der Waals surface area (Å²) in [4.78, 5) is 4.25. The Morgan fingerprint density at radius 3 is 2.74 bits per heavy atom. The number of halogens is 1. The molecular weight excluding hydrogens is 310 g/mol. The summed E-state index contributed by atoms with van der Waals surface area (Å²) < 4.78 is 17.0. The first kappa shape index (κ1) is 12.0. The topological polar surface area (TPSA) is 44.5 Å². The summed E-state index contributed by atoms with van der Waals surface area (Å²) in [5.74, 6) is 1.36. The third kappa shape index (κ3) is 2.42. The number of para-hydroxylation sites is 2. The molecule has 3 rings (SSSR count). The van der Waals surface area contributed by atoms with Gasteiger partial charge in [-0.25, -0.2) is 0 Å². The Hall–Kier alpha value is -2.01. The zero-order chi connectivity index (χ0) is 13.2. The van der Waals surface area contributed by atoms with Crippen molar-refractivity contribution in [2.45, 2.75) is 0 Å². The Labute approximate surface area is 118 Å². The van der Waals surface area contributed by atoms with Crippen LogP contribution in [0.15, 0.2) is 51.4 Å². The molecule has 0 saturated heterocycles. The number of rotatable bonds is 3. The molecule has 0 bridgehead atoms. The summed E-state index contributed by atoms with van der Waals surface area (Å²) in [5.41, 5.74) is 1.46. The van der Waals surface area contributed by atoms with Crippen molar-refractivity contribution < 1.29 is 13.9 Å². The third-order valence-electron chi connectivity index (χ3n) is 2.61. The molecule has 0 fully saturated rings. The Morgan fingerprint density at radius 1 is 1.16 bits per heavy atom. The molecular formula is C14H10BrNO3. The fraction of sp³-hybridized carbons (Fsp3) is 0.0714. The highest BCUT2D eigenvalue weighted by molar-refractivity contribution is 9.10. The van der Waals surface area contributed by atoms with Crippen molar-refractivity contribution in [1.82, 2.24) is 4.98 Å². The SMILES string of the molecule is COc1ccc(Oc2nc3ccccc3o2)c(Br)c1. The lowest BCUT2D eigenvalue weighted by atomic mass is 10.3. The first-order valence-corrected chi connectivity index (χ1v) is 6.42. The van der Waals surface area contributed by atoms with Gasteiger partial charge in [0.25, 0.3) is 0 Å². The summed E-state index contributed by atoms with van der Waals surface area (Å²) in [5, 5.41) is 0. The van der Waals surface area contributed by atoms with Gasteiger partial charge >= 0.3 is 6.08 Å². The van der Waals surface area contributed by atoms with Crippen molar-refractivity contribution in [2.24, 2.45) is 0 Å². The number of oxazole rings is 1. The lowest BCUT2D eigenvalue weighted by molar-refractivity contribution is 0.340. The molecule has 4 nitrogen and oxygen atoms in total. The van der Waals surface area contributed by atoms with Crippen molar-refractivity contribution in [2.75, 3.05) is 7.11 Å². The maximum Gasteiger partial charge on any atom is 0.400 e. The molecule has 0 N–H and O–H groups in total. The van der Waals surface area contributed by atoms with Crippen molar-refractivity contribution in [3.8, 4) is 17.6 Å². The second kappa shape index (κ2) is 4.93. The van der Waals surface area contributed by atoms with Crippen LogP contribution in [0.1, 0.15) is 0 Å². The predicted octanol–water partition coefficient (Wildman–Crippen LogP) is 4.39. The van der Waals surface area contributed by atoms with Gasteiger partial charge in [0.2, 0.25) is 0 Å². The van der Waals surface area contributed by atoms with Crippen LogP contribution in [0, 0.1) is 0 Å². The van der Waals surface area contributed by atoms with E-state index in [-0.39, 0.29) is 6.08 Å². The van der Waals surface area contributed by atoms with Crippen molar-refractivity contribution >= 4 is 27.0 Å². The summed E-state index contributed by atoms with van der Waals surface area (Å²) in [6.07, 6.45) is 0.215. The summed E-state index contributed by atoms with van der Waals surface area (Å²) >= 11 is 3.41. The van der Waals surface area contributed by atoms with E-state index in [9.17, 15) is 0 Å². The largest absolute Gasteiger partial charge is 0.497 e. The molecule has 0 aliphatic carbocycles. The molecule has 0 aliphatic rings. The fourth-order valence-corrected chi connectivity index (χ4v) is 2.12. The molecule has 0 aliphatic heterocycles. The number of fused-ring (bicyclic) bond motifs is 1. The minimum absolute atomic E-state index is 0.215. The van der Waals surface area contributed by atoms with Gasteiger partial charge in [0.1, 0.15) is 17.0 Å². The quantitative estimate of drug-likeness (QED) is 0.718. The first-order valence-electron chi connectivity index (χ1n) is 5.63. The average molecular weight is 320 g/mol. The summed E-state index contributed by atoms with van der Waals surface area (Å²) in [7, 11) is 1.61. The molecule has 19 heavy (non-hydrogen) atoms. The van der Waals surface area contributed by atoms with Gasteiger partial charge in [-0.2, -0.15) is 4.98 Å². The second-order valence-corrected chi connectivity index (χ2v) is 4.70. The normalized spacial score (nSPS) is 10.6. The summed E-state index contributed by atoms with van der Waals surface area (Å²) in [6.45, 7) is 0. The minimum atomic E-state index is 0.215. The van der Waals surface area contributed by atoms with Gasteiger partial charge in [-0.3, -0.25) is 0 Å². The van der Waals surface area contributed by atoms with Crippen LogP contribution in [-0.4, -0.2) is 12.1 Å². The van der Waals surface area contributed by atoms with Crippen LogP contribution in [0.4, 0.5) is 0 Å². The van der Waals surface area contributed by atoms with E-state index < -0.39 is 0 Å².